The number of rotatable bonds is 28. The third-order valence-electron chi connectivity index (χ3n) is 6.67. The number of amides is 1. The summed E-state index contributed by atoms with van der Waals surface area (Å²) in [4.78, 5) is 34.3. The van der Waals surface area contributed by atoms with Gasteiger partial charge < -0.3 is 15.5 Å². The number of allylic oxidation sites excluding steroid dienone is 1. The predicted molar refractivity (Wildman–Crippen MR) is 148 cm³/mol. The quantitative estimate of drug-likeness (QED) is 0.0728. The van der Waals surface area contributed by atoms with Gasteiger partial charge in [-0.15, -0.1) is 0 Å². The molecule has 1 amide bonds. The van der Waals surface area contributed by atoms with Gasteiger partial charge in [0.25, 0.3) is 0 Å². The molecule has 0 aromatic heterocycles. The van der Waals surface area contributed by atoms with Gasteiger partial charge in [0.05, 0.1) is 5.76 Å². The third kappa shape index (κ3) is 28.4. The van der Waals surface area contributed by atoms with Crippen LogP contribution in [0.25, 0.3) is 0 Å². The molecule has 0 aliphatic carbocycles. The zero-order valence-corrected chi connectivity index (χ0v) is 23.0. The molecule has 0 unspecified atom stereocenters. The van der Waals surface area contributed by atoms with Crippen LogP contribution in [0.1, 0.15) is 154 Å². The van der Waals surface area contributed by atoms with E-state index in [9.17, 15) is 14.4 Å². The Kier molecular flexibility index (Phi) is 24.9. The zero-order valence-electron chi connectivity index (χ0n) is 23.0. The van der Waals surface area contributed by atoms with E-state index in [-0.39, 0.29) is 18.1 Å². The molecule has 36 heavy (non-hydrogen) atoms. The van der Waals surface area contributed by atoms with Crippen molar-refractivity contribution in [2.75, 3.05) is 6.54 Å². The molecule has 0 spiro atoms. The van der Waals surface area contributed by atoms with Crippen LogP contribution in [0.5, 0.6) is 0 Å². The van der Waals surface area contributed by atoms with Gasteiger partial charge in [0.2, 0.25) is 5.91 Å². The highest BCUT2D eigenvalue weighted by molar-refractivity contribution is 5.78. The summed E-state index contributed by atoms with van der Waals surface area (Å²) in [5, 5.41) is 20.6. The molecule has 0 saturated heterocycles. The van der Waals surface area contributed by atoms with Crippen LogP contribution in [0.3, 0.4) is 0 Å². The number of hydrogen-bond donors (Lipinski definition) is 3. The lowest BCUT2D eigenvalue weighted by Crippen LogP contribution is -2.23. The zero-order chi connectivity index (χ0) is 26.7. The summed E-state index contributed by atoms with van der Waals surface area (Å²) >= 11 is 0. The summed E-state index contributed by atoms with van der Waals surface area (Å²) in [6, 6.07) is 0. The summed E-state index contributed by atoms with van der Waals surface area (Å²) in [6.07, 6.45) is 23.4. The van der Waals surface area contributed by atoms with Gasteiger partial charge in [-0.1, -0.05) is 90.0 Å². The first-order valence-corrected chi connectivity index (χ1v) is 14.8. The molecule has 6 heteroatoms. The van der Waals surface area contributed by atoms with Crippen molar-refractivity contribution in [2.45, 2.75) is 154 Å². The van der Waals surface area contributed by atoms with E-state index in [0.29, 0.717) is 31.5 Å². The Hall–Kier alpha value is -1.85. The number of nitrogens with one attached hydrogen (secondary N) is 1. The molecule has 0 rings (SSSR count). The lowest BCUT2D eigenvalue weighted by atomic mass is 10.0. The number of carboxylic acids is 1. The molecular weight excluding hydrogens is 454 g/mol. The second-order valence-electron chi connectivity index (χ2n) is 10.3. The average Bonchev–Trinajstić information content (AvgIpc) is 2.83. The number of aliphatic hydroxyl groups is 1. The molecule has 0 aliphatic rings. The first kappa shape index (κ1) is 34.1. The van der Waals surface area contributed by atoms with E-state index in [1.165, 1.54) is 25.7 Å². The summed E-state index contributed by atoms with van der Waals surface area (Å²) in [5.74, 6) is 0.125. The molecule has 0 atom stereocenters. The number of carbonyl (C=O) groups excluding carboxylic acids is 2. The molecule has 0 aromatic carbocycles. The predicted octanol–water partition coefficient (Wildman–Crippen LogP) is 8.19. The lowest BCUT2D eigenvalue weighted by molar-refractivity contribution is -0.137. The van der Waals surface area contributed by atoms with Crippen molar-refractivity contribution in [1.29, 1.82) is 0 Å². The van der Waals surface area contributed by atoms with Gasteiger partial charge in [0, 0.05) is 38.6 Å². The fourth-order valence-electron chi connectivity index (χ4n) is 4.40. The largest absolute Gasteiger partial charge is 0.513 e. The van der Waals surface area contributed by atoms with E-state index in [1.807, 2.05) is 0 Å². The second-order valence-corrected chi connectivity index (χ2v) is 10.3. The summed E-state index contributed by atoms with van der Waals surface area (Å²) in [7, 11) is 0. The van der Waals surface area contributed by atoms with Gasteiger partial charge in [-0.3, -0.25) is 14.4 Å². The van der Waals surface area contributed by atoms with Crippen LogP contribution in [0, 0.1) is 0 Å². The maximum absolute atomic E-state index is 12.0. The SMILES string of the molecule is C=C(O)CCCCCCCNC(=O)CCCCCCCCCCC(=O)CCCCCCCCC(=O)O. The minimum Gasteiger partial charge on any atom is -0.513 e. The number of ketones is 1. The van der Waals surface area contributed by atoms with Gasteiger partial charge in [0.1, 0.15) is 5.78 Å². The van der Waals surface area contributed by atoms with Crippen molar-refractivity contribution in [1.82, 2.24) is 5.32 Å². The number of hydrogen-bond acceptors (Lipinski definition) is 4. The van der Waals surface area contributed by atoms with E-state index >= 15 is 0 Å². The fraction of sp³-hybridized carbons (Fsp3) is 0.833. The highest BCUT2D eigenvalue weighted by Gasteiger charge is 2.03. The molecule has 0 saturated carbocycles. The first-order chi connectivity index (χ1) is 17.4. The maximum Gasteiger partial charge on any atom is 0.303 e. The van der Waals surface area contributed by atoms with Crippen LogP contribution in [-0.2, 0) is 14.4 Å². The molecule has 210 valence electrons. The molecule has 0 bridgehead atoms. The molecule has 3 N–H and O–H groups in total. The van der Waals surface area contributed by atoms with E-state index in [1.54, 1.807) is 0 Å². The molecule has 0 fully saturated rings. The Morgan fingerprint density at radius 1 is 0.472 bits per heavy atom. The van der Waals surface area contributed by atoms with E-state index in [4.69, 9.17) is 10.2 Å². The highest BCUT2D eigenvalue weighted by Crippen LogP contribution is 2.13. The minimum absolute atomic E-state index is 0.173. The first-order valence-electron chi connectivity index (χ1n) is 14.8. The van der Waals surface area contributed by atoms with Gasteiger partial charge in [-0.05, 0) is 38.5 Å². The lowest BCUT2D eigenvalue weighted by Gasteiger charge is -2.06. The monoisotopic (exact) mass is 509 g/mol. The number of carboxylic acid groups (broad SMARTS) is 1. The second kappa shape index (κ2) is 26.2. The van der Waals surface area contributed by atoms with E-state index in [0.717, 1.165) is 103 Å². The van der Waals surface area contributed by atoms with E-state index in [2.05, 4.69) is 11.9 Å². The van der Waals surface area contributed by atoms with Crippen molar-refractivity contribution >= 4 is 17.7 Å². The molecule has 6 nitrogen and oxygen atoms in total. The molecule has 0 aromatic rings. The minimum atomic E-state index is -0.713. The van der Waals surface area contributed by atoms with Crippen LogP contribution in [0.4, 0.5) is 0 Å². The van der Waals surface area contributed by atoms with Crippen molar-refractivity contribution in [2.24, 2.45) is 0 Å². The summed E-state index contributed by atoms with van der Waals surface area (Å²) in [6.45, 7) is 4.26. The van der Waals surface area contributed by atoms with Gasteiger partial charge in [-0.25, -0.2) is 0 Å². The third-order valence-corrected chi connectivity index (χ3v) is 6.67. The Morgan fingerprint density at radius 2 is 0.833 bits per heavy atom. The number of carbonyl (C=O) groups is 3. The van der Waals surface area contributed by atoms with Gasteiger partial charge in [-0.2, -0.15) is 0 Å². The molecular formula is C30H55NO5. The number of aliphatic hydroxyl groups excluding tert-OH is 1. The smallest absolute Gasteiger partial charge is 0.303 e. The number of Topliss-reactive ketones (excluding diaryl/α,β-unsaturated/α-hetero) is 1. The van der Waals surface area contributed by atoms with Crippen molar-refractivity contribution < 1.29 is 24.6 Å². The Bertz CT molecular complexity index is 526. The number of aliphatic carboxylic acids is 1. The molecule has 0 aliphatic heterocycles. The Balaban J connectivity index is 3.27. The normalized spacial score (nSPS) is 10.9. The van der Waals surface area contributed by atoms with Crippen LogP contribution in [0.2, 0.25) is 0 Å². The van der Waals surface area contributed by atoms with Crippen LogP contribution < -0.4 is 5.32 Å². The standard InChI is InChI=1S/C30H55NO5/c1-27(32)21-15-9-8-14-20-26-31-29(34)24-18-12-5-3-2-4-10-16-22-28(33)23-17-11-6-7-13-19-25-30(35)36/h32H,1-26H2,(H,31,34)(H,35,36). The topological polar surface area (TPSA) is 104 Å². The maximum atomic E-state index is 12.0. The van der Waals surface area contributed by atoms with Crippen molar-refractivity contribution in [3.05, 3.63) is 12.3 Å². The average molecular weight is 510 g/mol. The van der Waals surface area contributed by atoms with Gasteiger partial charge >= 0.3 is 5.97 Å². The van der Waals surface area contributed by atoms with Crippen LogP contribution in [-0.4, -0.2) is 34.4 Å². The van der Waals surface area contributed by atoms with Crippen molar-refractivity contribution in [3.8, 4) is 0 Å². The van der Waals surface area contributed by atoms with Crippen LogP contribution in [0.15, 0.2) is 12.3 Å². The van der Waals surface area contributed by atoms with Crippen molar-refractivity contribution in [3.63, 3.8) is 0 Å². The summed E-state index contributed by atoms with van der Waals surface area (Å²) in [5.41, 5.74) is 0. The number of unbranched alkanes of at least 4 members (excludes halogenated alkanes) is 16. The van der Waals surface area contributed by atoms with Crippen LogP contribution >= 0.6 is 0 Å². The van der Waals surface area contributed by atoms with Gasteiger partial charge in [0.15, 0.2) is 0 Å². The Morgan fingerprint density at radius 3 is 1.28 bits per heavy atom. The van der Waals surface area contributed by atoms with E-state index < -0.39 is 5.97 Å². The Labute approximate surface area is 220 Å². The summed E-state index contributed by atoms with van der Waals surface area (Å²) < 4.78 is 0. The fourth-order valence-corrected chi connectivity index (χ4v) is 4.40. The molecule has 0 heterocycles. The molecule has 0 radical (unpaired) electrons. The highest BCUT2D eigenvalue weighted by atomic mass is 16.4.